The molecule has 0 spiro atoms. The van der Waals surface area contributed by atoms with E-state index in [0.717, 1.165) is 12.1 Å². The summed E-state index contributed by atoms with van der Waals surface area (Å²) in [6, 6.07) is 3.01. The van der Waals surface area contributed by atoms with E-state index < -0.39 is 31.6 Å². The number of rotatable bonds is 6. The summed E-state index contributed by atoms with van der Waals surface area (Å²) >= 11 is 0. The molecule has 0 aliphatic carbocycles. The molecule has 1 aromatic rings. The average Bonchev–Trinajstić information content (AvgIpc) is 2.37. The van der Waals surface area contributed by atoms with Gasteiger partial charge in [0.05, 0.1) is 18.1 Å². The summed E-state index contributed by atoms with van der Waals surface area (Å²) in [6.07, 6.45) is 0. The molecular weight excluding hydrogens is 274 g/mol. The van der Waals surface area contributed by atoms with Gasteiger partial charge in [-0.2, -0.15) is 0 Å². The first-order chi connectivity index (χ1) is 8.81. The van der Waals surface area contributed by atoms with Gasteiger partial charge in [-0.15, -0.1) is 0 Å². The quantitative estimate of drug-likeness (QED) is 0.570. The Labute approximate surface area is 110 Å². The molecule has 19 heavy (non-hydrogen) atoms. The maximum atomic E-state index is 12.0. The molecule has 1 rings (SSSR count). The SMILES string of the molecule is COc1ccc(S(=O)(=O)N[C@@H](C)CN)c([N+](=O)[O-])c1. The molecule has 1 aromatic carbocycles. The third kappa shape index (κ3) is 3.63. The van der Waals surface area contributed by atoms with Crippen molar-refractivity contribution in [1.29, 1.82) is 0 Å². The zero-order valence-corrected chi connectivity index (χ0v) is 11.3. The molecule has 8 nitrogen and oxygen atoms in total. The molecule has 0 aliphatic heterocycles. The maximum absolute atomic E-state index is 12.0. The van der Waals surface area contributed by atoms with Crippen LogP contribution in [-0.4, -0.2) is 33.0 Å². The standard InChI is InChI=1S/C10H15N3O5S/c1-7(6-11)12-19(16,17)10-4-3-8(18-2)5-9(10)13(14)15/h3-5,7,12H,6,11H2,1-2H3/t7-/m0/s1. The van der Waals surface area contributed by atoms with Gasteiger partial charge in [0.25, 0.3) is 5.69 Å². The molecule has 1 atom stereocenters. The van der Waals surface area contributed by atoms with E-state index in [1.807, 2.05) is 0 Å². The molecule has 0 saturated carbocycles. The average molecular weight is 289 g/mol. The monoisotopic (exact) mass is 289 g/mol. The highest BCUT2D eigenvalue weighted by Crippen LogP contribution is 2.28. The van der Waals surface area contributed by atoms with Gasteiger partial charge in [0.15, 0.2) is 4.90 Å². The van der Waals surface area contributed by atoms with Crippen molar-refractivity contribution in [2.75, 3.05) is 13.7 Å². The fourth-order valence-corrected chi connectivity index (χ4v) is 2.78. The van der Waals surface area contributed by atoms with E-state index in [1.165, 1.54) is 13.2 Å². The predicted octanol–water partition coefficient (Wildman–Crippen LogP) is 0.229. The van der Waals surface area contributed by atoms with E-state index in [4.69, 9.17) is 10.5 Å². The lowest BCUT2D eigenvalue weighted by Crippen LogP contribution is -2.37. The summed E-state index contributed by atoms with van der Waals surface area (Å²) in [5.74, 6) is 0.206. The van der Waals surface area contributed by atoms with Crippen molar-refractivity contribution in [1.82, 2.24) is 4.72 Å². The summed E-state index contributed by atoms with van der Waals surface area (Å²) in [4.78, 5) is 9.73. The Morgan fingerprint density at radius 2 is 2.16 bits per heavy atom. The molecule has 0 saturated heterocycles. The number of nitro groups is 1. The highest BCUT2D eigenvalue weighted by Gasteiger charge is 2.27. The van der Waals surface area contributed by atoms with Gasteiger partial charge < -0.3 is 10.5 Å². The molecular formula is C10H15N3O5S. The topological polar surface area (TPSA) is 125 Å². The number of benzene rings is 1. The zero-order chi connectivity index (χ0) is 14.6. The van der Waals surface area contributed by atoms with E-state index >= 15 is 0 Å². The number of methoxy groups -OCH3 is 1. The number of hydrogen-bond acceptors (Lipinski definition) is 6. The Hall–Kier alpha value is -1.71. The van der Waals surface area contributed by atoms with Crippen LogP contribution in [0.3, 0.4) is 0 Å². The molecule has 0 fully saturated rings. The molecule has 0 aliphatic rings. The Kier molecular flexibility index (Phi) is 4.81. The van der Waals surface area contributed by atoms with Crippen molar-refractivity contribution in [3.05, 3.63) is 28.3 Å². The summed E-state index contributed by atoms with van der Waals surface area (Å²) in [6.45, 7) is 1.65. The number of nitrogens with zero attached hydrogens (tertiary/aromatic N) is 1. The molecule has 0 radical (unpaired) electrons. The van der Waals surface area contributed by atoms with Gasteiger partial charge in [0.1, 0.15) is 5.75 Å². The highest BCUT2D eigenvalue weighted by molar-refractivity contribution is 7.89. The van der Waals surface area contributed by atoms with Crippen LogP contribution >= 0.6 is 0 Å². The van der Waals surface area contributed by atoms with Crippen LogP contribution in [0.5, 0.6) is 5.75 Å². The normalized spacial score (nSPS) is 13.0. The van der Waals surface area contributed by atoms with Gasteiger partial charge in [0.2, 0.25) is 10.0 Å². The van der Waals surface area contributed by atoms with Crippen LogP contribution in [0, 0.1) is 10.1 Å². The van der Waals surface area contributed by atoms with Crippen LogP contribution in [-0.2, 0) is 10.0 Å². The fourth-order valence-electron chi connectivity index (χ4n) is 1.37. The van der Waals surface area contributed by atoms with Crippen molar-refractivity contribution >= 4 is 15.7 Å². The Bertz CT molecular complexity index is 573. The molecule has 0 aromatic heterocycles. The fraction of sp³-hybridized carbons (Fsp3) is 0.400. The van der Waals surface area contributed by atoms with E-state index in [2.05, 4.69) is 4.72 Å². The first-order valence-corrected chi connectivity index (χ1v) is 6.85. The minimum absolute atomic E-state index is 0.0865. The second-order valence-electron chi connectivity index (χ2n) is 3.85. The second kappa shape index (κ2) is 5.95. The van der Waals surface area contributed by atoms with Crippen LogP contribution in [0.15, 0.2) is 23.1 Å². The number of nitro benzene ring substituents is 1. The molecule has 0 bridgehead atoms. The van der Waals surface area contributed by atoms with Crippen LogP contribution in [0.25, 0.3) is 0 Å². The van der Waals surface area contributed by atoms with Crippen molar-refractivity contribution in [2.24, 2.45) is 5.73 Å². The minimum atomic E-state index is -4.00. The van der Waals surface area contributed by atoms with E-state index in [-0.39, 0.29) is 12.3 Å². The molecule has 0 amide bonds. The summed E-state index contributed by atoms with van der Waals surface area (Å²) in [7, 11) is -2.66. The van der Waals surface area contributed by atoms with Gasteiger partial charge in [-0.25, -0.2) is 13.1 Å². The van der Waals surface area contributed by atoms with Gasteiger partial charge >= 0.3 is 0 Å². The number of nitrogens with two attached hydrogens (primary N) is 1. The van der Waals surface area contributed by atoms with Crippen molar-refractivity contribution in [2.45, 2.75) is 17.9 Å². The third-order valence-electron chi connectivity index (χ3n) is 2.36. The lowest BCUT2D eigenvalue weighted by atomic mass is 10.3. The van der Waals surface area contributed by atoms with Gasteiger partial charge in [-0.1, -0.05) is 0 Å². The van der Waals surface area contributed by atoms with E-state index in [9.17, 15) is 18.5 Å². The predicted molar refractivity (Wildman–Crippen MR) is 68.5 cm³/mol. The second-order valence-corrected chi connectivity index (χ2v) is 5.53. The summed E-state index contributed by atoms with van der Waals surface area (Å²) < 4.78 is 31.1. The van der Waals surface area contributed by atoms with Gasteiger partial charge in [-0.3, -0.25) is 10.1 Å². The molecule has 0 heterocycles. The van der Waals surface area contributed by atoms with Crippen molar-refractivity contribution < 1.29 is 18.1 Å². The number of nitrogens with one attached hydrogen (secondary N) is 1. The zero-order valence-electron chi connectivity index (χ0n) is 10.5. The molecule has 3 N–H and O–H groups in total. The first kappa shape index (κ1) is 15.3. The number of hydrogen-bond donors (Lipinski definition) is 2. The van der Waals surface area contributed by atoms with Crippen molar-refractivity contribution in [3.8, 4) is 5.75 Å². The Morgan fingerprint density at radius 3 is 2.63 bits per heavy atom. The lowest BCUT2D eigenvalue weighted by molar-refractivity contribution is -0.387. The van der Waals surface area contributed by atoms with Crippen molar-refractivity contribution in [3.63, 3.8) is 0 Å². The Morgan fingerprint density at radius 1 is 1.53 bits per heavy atom. The third-order valence-corrected chi connectivity index (χ3v) is 4.00. The van der Waals surface area contributed by atoms with Crippen LogP contribution in [0.1, 0.15) is 6.92 Å². The van der Waals surface area contributed by atoms with E-state index in [1.54, 1.807) is 6.92 Å². The number of sulfonamides is 1. The summed E-state index contributed by atoms with van der Waals surface area (Å²) in [5, 5.41) is 10.9. The first-order valence-electron chi connectivity index (χ1n) is 5.36. The van der Waals surface area contributed by atoms with Gasteiger partial charge in [-0.05, 0) is 19.1 Å². The molecule has 106 valence electrons. The smallest absolute Gasteiger partial charge is 0.293 e. The largest absolute Gasteiger partial charge is 0.497 e. The van der Waals surface area contributed by atoms with Crippen LogP contribution in [0.4, 0.5) is 5.69 Å². The molecule has 9 heteroatoms. The van der Waals surface area contributed by atoms with Crippen LogP contribution in [0.2, 0.25) is 0 Å². The highest BCUT2D eigenvalue weighted by atomic mass is 32.2. The Balaban J connectivity index is 3.30. The molecule has 0 unspecified atom stereocenters. The summed E-state index contributed by atoms with van der Waals surface area (Å²) in [5.41, 5.74) is 4.77. The lowest BCUT2D eigenvalue weighted by Gasteiger charge is -2.12. The maximum Gasteiger partial charge on any atom is 0.293 e. The number of ether oxygens (including phenoxy) is 1. The van der Waals surface area contributed by atoms with Crippen LogP contribution < -0.4 is 15.2 Å². The van der Waals surface area contributed by atoms with E-state index in [0.29, 0.717) is 0 Å². The van der Waals surface area contributed by atoms with Gasteiger partial charge in [0, 0.05) is 12.6 Å². The minimum Gasteiger partial charge on any atom is -0.497 e.